The third-order valence-corrected chi connectivity index (χ3v) is 7.87. The minimum absolute atomic E-state index is 0.00273. The SMILES string of the molecule is O=C(Nc1cc(F)c(F)c(Cl)c1)c1cc(S(=O)(=O)N2CCC(O)(CO)CC2)cc2[nH]ccc12. The number of aliphatic hydroxyl groups is 2. The molecule has 33 heavy (non-hydrogen) atoms. The van der Waals surface area contributed by atoms with Crippen LogP contribution >= 0.6 is 11.6 Å². The Kier molecular flexibility index (Phi) is 6.18. The van der Waals surface area contributed by atoms with Crippen molar-refractivity contribution >= 4 is 44.1 Å². The largest absolute Gasteiger partial charge is 0.393 e. The van der Waals surface area contributed by atoms with Gasteiger partial charge in [-0.15, -0.1) is 0 Å². The van der Waals surface area contributed by atoms with Gasteiger partial charge < -0.3 is 20.5 Å². The number of nitrogens with zero attached hydrogens (tertiary/aromatic N) is 1. The minimum atomic E-state index is -4.03. The molecule has 0 radical (unpaired) electrons. The molecule has 1 fully saturated rings. The zero-order valence-corrected chi connectivity index (χ0v) is 18.7. The number of nitrogens with one attached hydrogen (secondary N) is 2. The predicted molar refractivity (Wildman–Crippen MR) is 118 cm³/mol. The smallest absolute Gasteiger partial charge is 0.256 e. The average Bonchev–Trinajstić information content (AvgIpc) is 3.26. The van der Waals surface area contributed by atoms with Crippen LogP contribution in [0, 0.1) is 11.6 Å². The van der Waals surface area contributed by atoms with Crippen LogP contribution in [-0.4, -0.2) is 59.1 Å². The van der Waals surface area contributed by atoms with Crippen molar-refractivity contribution in [3.63, 3.8) is 0 Å². The van der Waals surface area contributed by atoms with Crippen molar-refractivity contribution in [2.75, 3.05) is 25.0 Å². The second-order valence-electron chi connectivity index (χ2n) is 7.90. The van der Waals surface area contributed by atoms with Crippen molar-refractivity contribution in [2.24, 2.45) is 0 Å². The number of hydrogen-bond acceptors (Lipinski definition) is 5. The number of carbonyl (C=O) groups excluding carboxylic acids is 1. The van der Waals surface area contributed by atoms with Crippen LogP contribution in [-0.2, 0) is 10.0 Å². The molecule has 0 saturated carbocycles. The third-order valence-electron chi connectivity index (χ3n) is 5.71. The van der Waals surface area contributed by atoms with E-state index in [9.17, 15) is 32.2 Å². The molecule has 1 aliphatic heterocycles. The highest BCUT2D eigenvalue weighted by atomic mass is 35.5. The Hall–Kier alpha value is -2.57. The number of aliphatic hydroxyl groups excluding tert-OH is 1. The van der Waals surface area contributed by atoms with Crippen molar-refractivity contribution in [1.82, 2.24) is 9.29 Å². The van der Waals surface area contributed by atoms with Crippen LogP contribution in [0.3, 0.4) is 0 Å². The fourth-order valence-corrected chi connectivity index (χ4v) is 5.46. The first-order valence-corrected chi connectivity index (χ1v) is 11.8. The number of amides is 1. The highest BCUT2D eigenvalue weighted by Crippen LogP contribution is 2.30. The Bertz CT molecular complexity index is 1310. The van der Waals surface area contributed by atoms with Gasteiger partial charge in [0.2, 0.25) is 10.0 Å². The van der Waals surface area contributed by atoms with Crippen LogP contribution in [0.15, 0.2) is 41.4 Å². The Labute approximate surface area is 192 Å². The molecule has 4 N–H and O–H groups in total. The highest BCUT2D eigenvalue weighted by molar-refractivity contribution is 7.89. The quantitative estimate of drug-likeness (QED) is 0.402. The molecule has 1 aromatic heterocycles. The van der Waals surface area contributed by atoms with Gasteiger partial charge in [-0.1, -0.05) is 11.6 Å². The lowest BCUT2D eigenvalue weighted by Crippen LogP contribution is -2.48. The predicted octanol–water partition coefficient (Wildman–Crippen LogP) is 2.86. The lowest BCUT2D eigenvalue weighted by atomic mass is 9.94. The number of aromatic nitrogens is 1. The maximum absolute atomic E-state index is 13.7. The number of carbonyl (C=O) groups is 1. The van der Waals surface area contributed by atoms with Crippen LogP contribution in [0.1, 0.15) is 23.2 Å². The number of hydrogen-bond donors (Lipinski definition) is 4. The van der Waals surface area contributed by atoms with Crippen LogP contribution in [0.5, 0.6) is 0 Å². The van der Waals surface area contributed by atoms with E-state index in [4.69, 9.17) is 11.6 Å². The first-order chi connectivity index (χ1) is 15.5. The maximum Gasteiger partial charge on any atom is 0.256 e. The summed E-state index contributed by atoms with van der Waals surface area (Å²) in [6.07, 6.45) is 1.67. The zero-order chi connectivity index (χ0) is 24.0. The van der Waals surface area contributed by atoms with Crippen LogP contribution < -0.4 is 5.32 Å². The number of anilines is 1. The number of H-pyrrole nitrogens is 1. The normalized spacial score (nSPS) is 16.8. The molecule has 0 spiro atoms. The molecule has 1 aliphatic rings. The summed E-state index contributed by atoms with van der Waals surface area (Å²) in [7, 11) is -4.03. The van der Waals surface area contributed by atoms with Gasteiger partial charge in [-0.05, 0) is 37.1 Å². The summed E-state index contributed by atoms with van der Waals surface area (Å²) in [6.45, 7) is -0.471. The van der Waals surface area contributed by atoms with Crippen molar-refractivity contribution in [3.8, 4) is 0 Å². The molecule has 0 unspecified atom stereocenters. The summed E-state index contributed by atoms with van der Waals surface area (Å²) in [6, 6.07) is 5.99. The second kappa shape index (κ2) is 8.65. The molecular weight excluding hydrogens is 480 g/mol. The van der Waals surface area contributed by atoms with Crippen molar-refractivity contribution in [1.29, 1.82) is 0 Å². The summed E-state index contributed by atoms with van der Waals surface area (Å²) in [4.78, 5) is 15.7. The van der Waals surface area contributed by atoms with E-state index in [1.54, 1.807) is 6.07 Å². The average molecular weight is 500 g/mol. The molecule has 0 atom stereocenters. The molecule has 12 heteroatoms. The summed E-state index contributed by atoms with van der Waals surface area (Å²) >= 11 is 5.64. The van der Waals surface area contributed by atoms with E-state index < -0.39 is 44.8 Å². The highest BCUT2D eigenvalue weighted by Gasteiger charge is 2.37. The number of aromatic amines is 1. The zero-order valence-electron chi connectivity index (χ0n) is 17.1. The first-order valence-electron chi connectivity index (χ1n) is 9.94. The fourth-order valence-electron chi connectivity index (χ4n) is 3.75. The van der Waals surface area contributed by atoms with Crippen molar-refractivity contribution in [3.05, 3.63) is 58.7 Å². The van der Waals surface area contributed by atoms with E-state index in [1.165, 1.54) is 22.6 Å². The number of fused-ring (bicyclic) bond motifs is 1. The number of benzene rings is 2. The molecule has 3 aromatic rings. The van der Waals surface area contributed by atoms with Crippen LogP contribution in [0.2, 0.25) is 5.02 Å². The van der Waals surface area contributed by atoms with E-state index in [-0.39, 0.29) is 42.1 Å². The van der Waals surface area contributed by atoms with E-state index >= 15 is 0 Å². The summed E-state index contributed by atoms with van der Waals surface area (Å²) in [5.74, 6) is -3.23. The molecule has 176 valence electrons. The van der Waals surface area contributed by atoms with Gasteiger partial charge in [0.05, 0.1) is 27.7 Å². The molecule has 0 bridgehead atoms. The van der Waals surface area contributed by atoms with Crippen LogP contribution in [0.4, 0.5) is 14.5 Å². The Morgan fingerprint density at radius 1 is 1.21 bits per heavy atom. The molecule has 2 aromatic carbocycles. The number of sulfonamides is 1. The van der Waals surface area contributed by atoms with Gasteiger partial charge in [0.1, 0.15) is 0 Å². The van der Waals surface area contributed by atoms with Gasteiger partial charge in [0, 0.05) is 41.9 Å². The molecule has 1 saturated heterocycles. The summed E-state index contributed by atoms with van der Waals surface area (Å²) in [5.41, 5.74) is -1.04. The topological polar surface area (TPSA) is 123 Å². The van der Waals surface area contributed by atoms with E-state index in [2.05, 4.69) is 10.3 Å². The van der Waals surface area contributed by atoms with Gasteiger partial charge >= 0.3 is 0 Å². The molecule has 4 rings (SSSR count). The van der Waals surface area contributed by atoms with Gasteiger partial charge in [0.15, 0.2) is 11.6 Å². The Morgan fingerprint density at radius 3 is 2.55 bits per heavy atom. The molecular formula is C21H20ClF2N3O5S. The van der Waals surface area contributed by atoms with Gasteiger partial charge in [-0.3, -0.25) is 4.79 Å². The van der Waals surface area contributed by atoms with E-state index in [0.29, 0.717) is 10.9 Å². The lowest BCUT2D eigenvalue weighted by Gasteiger charge is -2.36. The van der Waals surface area contributed by atoms with Gasteiger partial charge in [0.25, 0.3) is 5.91 Å². The first kappa shape index (κ1) is 23.6. The molecule has 1 amide bonds. The number of halogens is 3. The monoisotopic (exact) mass is 499 g/mol. The second-order valence-corrected chi connectivity index (χ2v) is 10.2. The summed E-state index contributed by atoms with van der Waals surface area (Å²) in [5, 5.41) is 21.8. The Balaban J connectivity index is 1.68. The molecule has 8 nitrogen and oxygen atoms in total. The number of piperidine rings is 1. The van der Waals surface area contributed by atoms with E-state index in [0.717, 1.165) is 12.1 Å². The molecule has 0 aliphatic carbocycles. The van der Waals surface area contributed by atoms with Crippen molar-refractivity contribution in [2.45, 2.75) is 23.3 Å². The summed E-state index contributed by atoms with van der Waals surface area (Å²) < 4.78 is 54.8. The third kappa shape index (κ3) is 4.46. The fraction of sp³-hybridized carbons (Fsp3) is 0.286. The van der Waals surface area contributed by atoms with Gasteiger partial charge in [-0.25, -0.2) is 17.2 Å². The Morgan fingerprint density at radius 2 is 1.91 bits per heavy atom. The standard InChI is InChI=1S/C21H20ClF2N3O5S/c22-16-7-12(8-17(23)19(16)24)26-20(29)15-9-13(10-18-14(15)1-4-25-18)33(31,32)27-5-2-21(30,11-28)3-6-27/h1,4,7-10,25,28,30H,2-3,5-6,11H2,(H,26,29). The maximum atomic E-state index is 13.7. The van der Waals surface area contributed by atoms with E-state index in [1.807, 2.05) is 0 Å². The lowest BCUT2D eigenvalue weighted by molar-refractivity contribution is -0.0480. The number of rotatable bonds is 5. The van der Waals surface area contributed by atoms with Crippen molar-refractivity contribution < 1.29 is 32.2 Å². The minimum Gasteiger partial charge on any atom is -0.393 e. The van der Waals surface area contributed by atoms with Gasteiger partial charge in [-0.2, -0.15) is 4.31 Å². The molecule has 2 heterocycles. The van der Waals surface area contributed by atoms with Crippen LogP contribution in [0.25, 0.3) is 10.9 Å².